The van der Waals surface area contributed by atoms with Gasteiger partial charge < -0.3 is 87.7 Å². The largest absolute Gasteiger partial charge is 0.490 e. The third-order valence-electron chi connectivity index (χ3n) is 12.1. The number of benzene rings is 5. The van der Waals surface area contributed by atoms with E-state index in [1.54, 1.807) is 48.3 Å². The van der Waals surface area contributed by atoms with Crippen molar-refractivity contribution >= 4 is 112 Å². The molecular formula is C55H50N22O9S4. The third kappa shape index (κ3) is 14.8. The number of nitrogens with two attached hydrogens (primary N) is 4. The van der Waals surface area contributed by atoms with Crippen LogP contribution in [0.5, 0.6) is 63.4 Å². The Balaban J connectivity index is 0.000000116. The molecule has 5 aliphatic heterocycles. The van der Waals surface area contributed by atoms with Gasteiger partial charge >= 0.3 is 11.4 Å². The lowest BCUT2D eigenvalue weighted by atomic mass is 10.2. The number of hydrogen-bond donors (Lipinski definition) is 14. The summed E-state index contributed by atoms with van der Waals surface area (Å²) < 4.78 is 40.4. The van der Waals surface area contributed by atoms with Crippen LogP contribution >= 0.6 is 48.4 Å². The van der Waals surface area contributed by atoms with Crippen molar-refractivity contribution in [1.82, 2.24) is 60.3 Å². The van der Waals surface area contributed by atoms with E-state index in [1.165, 1.54) is 12.4 Å². The summed E-state index contributed by atoms with van der Waals surface area (Å²) in [6.07, 6.45) is 4.31. The van der Waals surface area contributed by atoms with Crippen LogP contribution in [0.1, 0.15) is 0 Å². The van der Waals surface area contributed by atoms with E-state index in [-0.39, 0.29) is 5.96 Å². The molecule has 5 aliphatic rings. The highest BCUT2D eigenvalue weighted by atomic mass is 32.2. The third-order valence-corrected chi connectivity index (χ3v) is 13.8. The Morgan fingerprint density at radius 1 is 0.500 bits per heavy atom. The Hall–Kier alpha value is -11.2. The van der Waals surface area contributed by atoms with Crippen LogP contribution in [0.4, 0.5) is 57.5 Å². The quantitative estimate of drug-likeness (QED) is 0.0263. The van der Waals surface area contributed by atoms with Gasteiger partial charge in [-0.25, -0.2) is 19.7 Å². The van der Waals surface area contributed by atoms with Crippen molar-refractivity contribution in [1.29, 1.82) is 0 Å². The Bertz CT molecular complexity index is 4400. The predicted molar refractivity (Wildman–Crippen MR) is 342 cm³/mol. The van der Waals surface area contributed by atoms with E-state index in [0.29, 0.717) is 146 Å². The Morgan fingerprint density at radius 3 is 1.54 bits per heavy atom. The Morgan fingerprint density at radius 2 is 0.978 bits per heavy atom. The number of H-pyrrole nitrogens is 5. The number of nitrogens with zero attached hydrogens (tertiary/aromatic N) is 8. The summed E-state index contributed by atoms with van der Waals surface area (Å²) in [5.41, 5.74) is 24.4. The summed E-state index contributed by atoms with van der Waals surface area (Å²) in [4.78, 5) is 55.0. The molecule has 0 fully saturated rings. The number of ether oxygens (including phenoxy) is 7. The van der Waals surface area contributed by atoms with E-state index < -0.39 is 11.4 Å². The van der Waals surface area contributed by atoms with Crippen molar-refractivity contribution in [2.45, 2.75) is 9.92 Å². The number of aliphatic imine (C=N–C) groups is 1. The molecule has 15 rings (SSSR count). The average molecular weight is 1290 g/mol. The molecule has 5 aromatic carbocycles. The van der Waals surface area contributed by atoms with Crippen LogP contribution in [0.15, 0.2) is 146 Å². The molecule has 0 aliphatic carbocycles. The van der Waals surface area contributed by atoms with Gasteiger partial charge in [0.05, 0.1) is 36.5 Å². The first-order chi connectivity index (χ1) is 43.8. The molecule has 90 heavy (non-hydrogen) atoms. The summed E-state index contributed by atoms with van der Waals surface area (Å²) in [6.45, 7) is 2.35. The van der Waals surface area contributed by atoms with Crippen molar-refractivity contribution in [2.75, 3.05) is 66.0 Å². The molecule has 35 heteroatoms. The maximum atomic E-state index is 11.3. The molecule has 0 spiro atoms. The topological polar surface area (TPSA) is 445 Å². The molecular weight excluding hydrogens is 1240 g/mol. The number of fused-ring (bicyclic) bond motifs is 10. The first-order valence-electron chi connectivity index (χ1n) is 26.7. The maximum absolute atomic E-state index is 11.3. The van der Waals surface area contributed by atoms with Crippen molar-refractivity contribution in [2.24, 2.45) is 27.9 Å². The first kappa shape index (κ1) is 60.4. The summed E-state index contributed by atoms with van der Waals surface area (Å²) in [6, 6.07) is 31.9. The molecule has 10 heterocycles. The molecule has 5 aromatic heterocycles. The second-order valence-electron chi connectivity index (χ2n) is 18.3. The van der Waals surface area contributed by atoms with Gasteiger partial charge in [-0.05, 0) is 97.3 Å². The summed E-state index contributed by atoms with van der Waals surface area (Å²) in [5, 5.41) is 29.8. The molecule has 10 aromatic rings. The van der Waals surface area contributed by atoms with Gasteiger partial charge in [-0.15, -0.1) is 5.10 Å². The fourth-order valence-electron chi connectivity index (χ4n) is 8.31. The van der Waals surface area contributed by atoms with Gasteiger partial charge in [0.15, 0.2) is 85.1 Å². The summed E-state index contributed by atoms with van der Waals surface area (Å²) in [7, 11) is 0. The van der Waals surface area contributed by atoms with E-state index in [4.69, 9.17) is 92.7 Å². The van der Waals surface area contributed by atoms with Gasteiger partial charge in [0, 0.05) is 18.0 Å². The number of anilines is 10. The van der Waals surface area contributed by atoms with Crippen molar-refractivity contribution in [3.63, 3.8) is 0 Å². The fraction of sp³-hybridized carbons (Fsp3) is 0.109. The Labute approximate surface area is 526 Å². The lowest BCUT2D eigenvalue weighted by molar-refractivity contribution is 0.327. The minimum Gasteiger partial charge on any atom is -0.490 e. The SMILES string of the molecule is NC(N)=NCCOc1cccc2c1Nc1[nH]c(=O)ncc1O2.NCCOc1cccc2c1Nc1[nH]c(=O)ncc1O2.NCCOc1cccc2c1Nc1[nH]c(=S)ncc1O2.S=c1nc2c(n[nH]1)Oc1ccccc1N2.S=c1nc2c(n[nH]1)Sc1ccccc1N2. The van der Waals surface area contributed by atoms with Crippen molar-refractivity contribution in [3.05, 3.63) is 157 Å². The zero-order valence-electron chi connectivity index (χ0n) is 46.5. The van der Waals surface area contributed by atoms with E-state index in [0.717, 1.165) is 38.6 Å². The number of hydrogen-bond acceptors (Lipinski definition) is 28. The first-order valence-corrected chi connectivity index (χ1v) is 28.8. The molecule has 0 amide bonds. The van der Waals surface area contributed by atoms with Crippen molar-refractivity contribution in [3.8, 4) is 63.4 Å². The van der Waals surface area contributed by atoms with Crippen molar-refractivity contribution < 1.29 is 33.2 Å². The number of rotatable bonds is 10. The molecule has 0 saturated carbocycles. The van der Waals surface area contributed by atoms with Gasteiger partial charge in [-0.1, -0.05) is 54.2 Å². The minimum atomic E-state index is -0.468. The molecule has 31 nitrogen and oxygen atoms in total. The fourth-order valence-corrected chi connectivity index (χ4v) is 9.61. The van der Waals surface area contributed by atoms with E-state index in [2.05, 4.69) is 91.8 Å². The summed E-state index contributed by atoms with van der Waals surface area (Å²) in [5.74, 6) is 9.16. The van der Waals surface area contributed by atoms with E-state index in [1.807, 2.05) is 72.8 Å². The molecule has 0 saturated heterocycles. The zero-order valence-corrected chi connectivity index (χ0v) is 49.7. The smallest absolute Gasteiger partial charge is 0.346 e. The molecule has 0 radical (unpaired) electrons. The second-order valence-corrected chi connectivity index (χ2v) is 20.5. The van der Waals surface area contributed by atoms with Crippen LogP contribution in [-0.2, 0) is 0 Å². The lowest BCUT2D eigenvalue weighted by Gasteiger charge is -2.22. The standard InChI is InChI=1S/C13H14N6O3.C12H12N4O3.C12H12N4O2S.C9H6N4OS.C9H6N4S2/c14-12(15)16-4-5-21-7-2-1-3-8-10(7)18-11-9(22-8)6-17-13(20)19-11;13-4-5-18-7-2-1-3-8-10(7)15-11-9(19-8)6-14-12(17)16-11;13-4-5-17-7-2-1-3-8-10(7)15-11-9(18-8)6-14-12(19)16-11;15-9-11-7-8(12-13-9)14-6-4-2-1-3-5(6)10-7;14-9-11-7-8(12-13-9)15-6-4-2-1-3-5(6)10-7/h1-3,6H,4-5H2,(H4,14,15,16)(H2,17,18,19,20);1-3,6H,4-5,13H2,(H2,14,15,16,17);1-3,6H,4-5,13H2,(H2,14,15,16,19);1-4H,(H2,10,11,13,15);1-4H,(H2,10,11,13,14). The van der Waals surface area contributed by atoms with Crippen LogP contribution < -0.4 is 94.1 Å². The van der Waals surface area contributed by atoms with Crippen LogP contribution in [-0.4, -0.2) is 106 Å². The van der Waals surface area contributed by atoms with Gasteiger partial charge in [0.1, 0.15) is 54.1 Å². The number of guanidine groups is 1. The van der Waals surface area contributed by atoms with Gasteiger partial charge in [-0.2, -0.15) is 25.0 Å². The zero-order chi connectivity index (χ0) is 62.5. The monoisotopic (exact) mass is 1290 g/mol. The number of para-hydroxylation sites is 6. The molecule has 0 atom stereocenters. The second kappa shape index (κ2) is 28.1. The van der Waals surface area contributed by atoms with Crippen LogP contribution in [0.3, 0.4) is 0 Å². The van der Waals surface area contributed by atoms with Gasteiger partial charge in [-0.3, -0.25) is 20.1 Å². The lowest BCUT2D eigenvalue weighted by Crippen LogP contribution is -2.23. The highest BCUT2D eigenvalue weighted by Gasteiger charge is 2.25. The number of nitrogens with one attached hydrogen (secondary N) is 10. The van der Waals surface area contributed by atoms with E-state index in [9.17, 15) is 9.59 Å². The maximum Gasteiger partial charge on any atom is 0.346 e. The molecule has 0 unspecified atom stereocenters. The predicted octanol–water partition coefficient (Wildman–Crippen LogP) is 8.68. The van der Waals surface area contributed by atoms with Crippen LogP contribution in [0.25, 0.3) is 0 Å². The van der Waals surface area contributed by atoms with Crippen LogP contribution in [0.2, 0.25) is 0 Å². The normalized spacial score (nSPS) is 11.9. The van der Waals surface area contributed by atoms with Crippen LogP contribution in [0, 0.1) is 14.3 Å². The molecule has 458 valence electrons. The highest BCUT2D eigenvalue weighted by molar-refractivity contribution is 7.99. The average Bonchev–Trinajstić information content (AvgIpc) is 1.18. The number of aromatic amines is 5. The molecule has 0 bridgehead atoms. The summed E-state index contributed by atoms with van der Waals surface area (Å²) >= 11 is 16.4. The highest BCUT2D eigenvalue weighted by Crippen LogP contribution is 2.48. The Kier molecular flexibility index (Phi) is 18.9. The minimum absolute atomic E-state index is 0.0131. The van der Waals surface area contributed by atoms with Gasteiger partial charge in [0.2, 0.25) is 9.54 Å². The number of aromatic nitrogens is 12. The van der Waals surface area contributed by atoms with Gasteiger partial charge in [0.25, 0.3) is 5.88 Å². The molecule has 18 N–H and O–H groups in total. The van der Waals surface area contributed by atoms with E-state index >= 15 is 0 Å².